The van der Waals surface area contributed by atoms with Gasteiger partial charge in [-0.3, -0.25) is 4.79 Å². The molecule has 4 atom stereocenters. The first-order chi connectivity index (χ1) is 13.5. The molecule has 6 nitrogen and oxygen atoms in total. The molecule has 0 aliphatic heterocycles. The minimum absolute atomic E-state index is 0.00205. The van der Waals surface area contributed by atoms with E-state index in [9.17, 15) is 36.3 Å². The number of hydrogen-bond acceptors (Lipinski definition) is 6. The predicted octanol–water partition coefficient (Wildman–Crippen LogP) is 3.62. The van der Waals surface area contributed by atoms with Gasteiger partial charge in [0.25, 0.3) is 0 Å². The van der Waals surface area contributed by atoms with Gasteiger partial charge in [-0.1, -0.05) is 6.58 Å². The average Bonchev–Trinajstić information content (AvgIpc) is 2.49. The molecule has 0 saturated heterocycles. The van der Waals surface area contributed by atoms with Crippen LogP contribution < -0.4 is 0 Å². The van der Waals surface area contributed by atoms with Crippen LogP contribution in [0.1, 0.15) is 52.4 Å². The molecule has 4 aliphatic rings. The molecule has 4 fully saturated rings. The summed E-state index contributed by atoms with van der Waals surface area (Å²) in [6.45, 7) is 5.99. The number of alkyl halides is 5. The van der Waals surface area contributed by atoms with E-state index in [2.05, 4.69) is 6.58 Å². The smallest absolute Gasteiger partial charge is 0.459 e. The van der Waals surface area contributed by atoms with Gasteiger partial charge in [0.15, 0.2) is 0 Å². The molecule has 4 bridgehead atoms. The van der Waals surface area contributed by atoms with Crippen molar-refractivity contribution in [3.8, 4) is 0 Å². The molecule has 0 N–H and O–H groups in total. The lowest BCUT2D eigenvalue weighted by molar-refractivity contribution is -0.303. The summed E-state index contributed by atoms with van der Waals surface area (Å²) in [5.74, 6) is -10.3. The van der Waals surface area contributed by atoms with Crippen molar-refractivity contribution in [3.05, 3.63) is 12.2 Å². The molecule has 0 spiro atoms. The van der Waals surface area contributed by atoms with Crippen LogP contribution in [0.3, 0.4) is 0 Å². The van der Waals surface area contributed by atoms with E-state index in [-0.39, 0.29) is 43.6 Å². The predicted molar refractivity (Wildman–Crippen MR) is 89.2 cm³/mol. The number of ether oxygens (including phenoxy) is 3. The van der Waals surface area contributed by atoms with E-state index >= 15 is 0 Å². The minimum atomic E-state index is -6.12. The first kappa shape index (κ1) is 22.5. The van der Waals surface area contributed by atoms with E-state index in [0.29, 0.717) is 6.42 Å². The molecular formula is C19H21F5O6. The Hall–Kier alpha value is -2.20. The Morgan fingerprint density at radius 3 is 1.67 bits per heavy atom. The van der Waals surface area contributed by atoms with Crippen molar-refractivity contribution < 1.29 is 50.5 Å². The van der Waals surface area contributed by atoms with Crippen LogP contribution in [-0.2, 0) is 28.6 Å². The van der Waals surface area contributed by atoms with Crippen molar-refractivity contribution in [2.24, 2.45) is 5.92 Å². The van der Waals surface area contributed by atoms with E-state index in [4.69, 9.17) is 14.2 Å². The van der Waals surface area contributed by atoms with E-state index in [1.165, 1.54) is 6.92 Å². The topological polar surface area (TPSA) is 78.9 Å². The quantitative estimate of drug-likeness (QED) is 0.281. The molecule has 0 radical (unpaired) electrons. The number of carbonyl (C=O) groups is 3. The Bertz CT molecular complexity index is 808. The van der Waals surface area contributed by atoms with Crippen LogP contribution in [-0.4, -0.2) is 46.8 Å². The Balaban J connectivity index is 1.96. The summed E-state index contributed by atoms with van der Waals surface area (Å²) >= 11 is 0. The zero-order valence-electron chi connectivity index (χ0n) is 16.4. The molecule has 4 rings (SSSR count). The van der Waals surface area contributed by atoms with Crippen molar-refractivity contribution in [2.45, 2.75) is 81.3 Å². The Morgan fingerprint density at radius 1 is 0.833 bits per heavy atom. The zero-order chi connectivity index (χ0) is 22.8. The third kappa shape index (κ3) is 3.78. The van der Waals surface area contributed by atoms with E-state index in [1.807, 2.05) is 0 Å². The van der Waals surface area contributed by atoms with Crippen LogP contribution in [0.4, 0.5) is 22.0 Å². The summed E-state index contributed by atoms with van der Waals surface area (Å²) in [6, 6.07) is 0. The van der Waals surface area contributed by atoms with Gasteiger partial charge in [0, 0.05) is 31.8 Å². The lowest BCUT2D eigenvalue weighted by atomic mass is 9.50. The van der Waals surface area contributed by atoms with Crippen LogP contribution in [0.15, 0.2) is 12.2 Å². The van der Waals surface area contributed by atoms with Gasteiger partial charge in [-0.15, -0.1) is 0 Å². The molecule has 4 aliphatic carbocycles. The minimum Gasteiger partial charge on any atom is -0.459 e. The van der Waals surface area contributed by atoms with Gasteiger partial charge in [0.2, 0.25) is 0 Å². The molecule has 30 heavy (non-hydrogen) atoms. The van der Waals surface area contributed by atoms with Gasteiger partial charge in [0.1, 0.15) is 16.8 Å². The van der Waals surface area contributed by atoms with Crippen molar-refractivity contribution in [2.75, 3.05) is 0 Å². The molecular weight excluding hydrogens is 419 g/mol. The van der Waals surface area contributed by atoms with Crippen molar-refractivity contribution in [3.63, 3.8) is 0 Å². The number of carbonyl (C=O) groups excluding carboxylic acids is 3. The van der Waals surface area contributed by atoms with E-state index in [1.54, 1.807) is 0 Å². The largest absolute Gasteiger partial charge is 0.465 e. The second-order valence-corrected chi connectivity index (χ2v) is 8.78. The monoisotopic (exact) mass is 440 g/mol. The second-order valence-electron chi connectivity index (χ2n) is 8.78. The summed E-state index contributed by atoms with van der Waals surface area (Å²) in [6.07, 6.45) is -6.02. The summed E-state index contributed by atoms with van der Waals surface area (Å²) < 4.78 is 80.7. The number of hydrogen-bond donors (Lipinski definition) is 0. The fourth-order valence-electron chi connectivity index (χ4n) is 5.48. The Morgan fingerprint density at radius 2 is 1.27 bits per heavy atom. The highest BCUT2D eigenvalue weighted by molar-refractivity contribution is 5.87. The van der Waals surface area contributed by atoms with Gasteiger partial charge >= 0.3 is 30.0 Å². The van der Waals surface area contributed by atoms with Gasteiger partial charge in [-0.25, -0.2) is 9.59 Å². The molecule has 0 aromatic rings. The maximum Gasteiger partial charge on any atom is 0.465 e. The molecule has 0 aromatic heterocycles. The Kier molecular flexibility index (Phi) is 4.98. The van der Waals surface area contributed by atoms with Crippen LogP contribution >= 0.6 is 0 Å². The van der Waals surface area contributed by atoms with Crippen LogP contribution in [0.2, 0.25) is 0 Å². The summed E-state index contributed by atoms with van der Waals surface area (Å²) in [4.78, 5) is 35.7. The van der Waals surface area contributed by atoms with E-state index in [0.717, 1.165) is 6.92 Å². The van der Waals surface area contributed by atoms with E-state index < -0.39 is 46.8 Å². The van der Waals surface area contributed by atoms with Crippen molar-refractivity contribution in [1.82, 2.24) is 0 Å². The fraction of sp³-hybridized carbons (Fsp3) is 0.737. The molecule has 0 heterocycles. The first-order valence-electron chi connectivity index (χ1n) is 9.29. The normalized spacial score (nSPS) is 35.0. The molecule has 168 valence electrons. The standard InChI is InChI=1S/C19H21F5O6/c1-10(2)13(26)29-16-5-12-4-15(7-16,28-11(3)25)8-17(6-12,9-16)30-14(27)18(20,21)19(22,23)24/h12H,1,4-9H2,2-3H3. The van der Waals surface area contributed by atoms with Crippen LogP contribution in [0.5, 0.6) is 0 Å². The lowest BCUT2D eigenvalue weighted by Gasteiger charge is -2.63. The maximum absolute atomic E-state index is 13.5. The summed E-state index contributed by atoms with van der Waals surface area (Å²) in [5.41, 5.74) is -4.36. The number of esters is 3. The zero-order valence-corrected chi connectivity index (χ0v) is 16.4. The van der Waals surface area contributed by atoms with Crippen molar-refractivity contribution >= 4 is 17.9 Å². The summed E-state index contributed by atoms with van der Waals surface area (Å²) in [7, 11) is 0. The molecule has 4 saturated carbocycles. The highest BCUT2D eigenvalue weighted by atomic mass is 19.4. The summed E-state index contributed by atoms with van der Waals surface area (Å²) in [5, 5.41) is 0. The highest BCUT2D eigenvalue weighted by Crippen LogP contribution is 2.63. The fourth-order valence-corrected chi connectivity index (χ4v) is 5.48. The molecule has 0 amide bonds. The molecule has 4 unspecified atom stereocenters. The molecule has 11 heteroatoms. The van der Waals surface area contributed by atoms with Gasteiger partial charge in [-0.2, -0.15) is 22.0 Å². The Labute approximate surface area is 168 Å². The van der Waals surface area contributed by atoms with Gasteiger partial charge in [-0.05, 0) is 32.1 Å². The number of halogens is 5. The SMILES string of the molecule is C=C(C)C(=O)OC12CC3CC(OC(C)=O)(C1)CC(OC(=O)C(F)(F)C(F)(F)F)(C3)C2. The maximum atomic E-state index is 13.5. The second kappa shape index (κ2) is 6.65. The van der Waals surface area contributed by atoms with Gasteiger partial charge in [0.05, 0.1) is 0 Å². The average molecular weight is 440 g/mol. The van der Waals surface area contributed by atoms with Gasteiger partial charge < -0.3 is 14.2 Å². The third-order valence-electron chi connectivity index (χ3n) is 5.85. The first-order valence-corrected chi connectivity index (χ1v) is 9.29. The number of rotatable bonds is 5. The lowest BCUT2D eigenvalue weighted by Crippen LogP contribution is -2.69. The molecule has 0 aromatic carbocycles. The van der Waals surface area contributed by atoms with Crippen LogP contribution in [0.25, 0.3) is 0 Å². The van der Waals surface area contributed by atoms with Crippen LogP contribution in [0, 0.1) is 5.92 Å². The highest BCUT2D eigenvalue weighted by Gasteiger charge is 2.71. The van der Waals surface area contributed by atoms with Crippen molar-refractivity contribution in [1.29, 1.82) is 0 Å². The third-order valence-corrected chi connectivity index (χ3v) is 5.85.